The second-order valence-corrected chi connectivity index (χ2v) is 5.29. The van der Waals surface area contributed by atoms with E-state index in [-0.39, 0.29) is 5.41 Å². The van der Waals surface area contributed by atoms with Crippen LogP contribution in [0.2, 0.25) is 0 Å². The predicted molar refractivity (Wildman–Crippen MR) is 54.6 cm³/mol. The minimum Gasteiger partial charge on any atom is -0.340 e. The lowest BCUT2D eigenvalue weighted by atomic mass is 9.81. The van der Waals surface area contributed by atoms with Gasteiger partial charge in [-0.2, -0.15) is 4.98 Å². The number of hydrogen-bond donors (Lipinski definition) is 1. The van der Waals surface area contributed by atoms with Crippen LogP contribution in [0.1, 0.15) is 45.8 Å². The quantitative estimate of drug-likeness (QED) is 0.787. The number of hydrogen-bond acceptors (Lipinski definition) is 4. The van der Waals surface area contributed by atoms with E-state index in [2.05, 4.69) is 30.9 Å². The molecule has 0 saturated carbocycles. The lowest BCUT2D eigenvalue weighted by molar-refractivity contribution is 0.256. The Morgan fingerprint density at radius 3 is 2.21 bits per heavy atom. The highest BCUT2D eigenvalue weighted by atomic mass is 16.5. The van der Waals surface area contributed by atoms with Gasteiger partial charge in [-0.25, -0.2) is 0 Å². The van der Waals surface area contributed by atoms with Crippen molar-refractivity contribution in [3.63, 3.8) is 0 Å². The first-order valence-electron chi connectivity index (χ1n) is 4.80. The molecule has 0 aliphatic rings. The lowest BCUT2D eigenvalue weighted by Gasteiger charge is -2.29. The average molecular weight is 197 g/mol. The molecule has 0 spiro atoms. The smallest absolute Gasteiger partial charge is 0.223 e. The van der Waals surface area contributed by atoms with Gasteiger partial charge in [-0.3, -0.25) is 0 Å². The fourth-order valence-corrected chi connectivity index (χ4v) is 1.71. The second kappa shape index (κ2) is 3.35. The topological polar surface area (TPSA) is 64.9 Å². The minimum atomic E-state index is -0.518. The summed E-state index contributed by atoms with van der Waals surface area (Å²) >= 11 is 0. The highest BCUT2D eigenvalue weighted by Gasteiger charge is 2.31. The molecule has 1 heterocycles. The van der Waals surface area contributed by atoms with Crippen molar-refractivity contribution in [1.29, 1.82) is 0 Å². The van der Waals surface area contributed by atoms with Crippen molar-refractivity contribution in [2.45, 2.75) is 46.6 Å². The molecular weight excluding hydrogens is 178 g/mol. The highest BCUT2D eigenvalue weighted by Crippen LogP contribution is 2.30. The summed E-state index contributed by atoms with van der Waals surface area (Å²) in [7, 11) is 0. The number of aromatic nitrogens is 2. The van der Waals surface area contributed by atoms with E-state index in [1.165, 1.54) is 0 Å². The fraction of sp³-hybridized carbons (Fsp3) is 0.800. The maximum absolute atomic E-state index is 6.15. The van der Waals surface area contributed by atoms with E-state index < -0.39 is 5.54 Å². The van der Waals surface area contributed by atoms with Crippen LogP contribution in [-0.4, -0.2) is 10.1 Å². The number of rotatable bonds is 2. The van der Waals surface area contributed by atoms with Crippen molar-refractivity contribution < 1.29 is 4.52 Å². The van der Waals surface area contributed by atoms with Gasteiger partial charge in [0.05, 0.1) is 5.54 Å². The summed E-state index contributed by atoms with van der Waals surface area (Å²) in [6.45, 7) is 10.1. The van der Waals surface area contributed by atoms with E-state index in [0.717, 1.165) is 6.42 Å². The zero-order valence-corrected chi connectivity index (χ0v) is 9.59. The zero-order valence-electron chi connectivity index (χ0n) is 9.59. The molecule has 0 fully saturated rings. The van der Waals surface area contributed by atoms with Gasteiger partial charge in [0, 0.05) is 6.92 Å². The van der Waals surface area contributed by atoms with Crippen LogP contribution >= 0.6 is 0 Å². The lowest BCUT2D eigenvalue weighted by Crippen LogP contribution is -2.38. The van der Waals surface area contributed by atoms with Crippen LogP contribution in [0.3, 0.4) is 0 Å². The SMILES string of the molecule is Cc1nc([C@@](C)(N)CC(C)(C)C)no1. The molecular formula is C10H19N3O. The first kappa shape index (κ1) is 11.2. The summed E-state index contributed by atoms with van der Waals surface area (Å²) in [5, 5.41) is 3.86. The van der Waals surface area contributed by atoms with Crippen molar-refractivity contribution in [3.8, 4) is 0 Å². The Kier molecular flexibility index (Phi) is 2.67. The molecule has 0 aliphatic carbocycles. The van der Waals surface area contributed by atoms with Crippen LogP contribution in [0.25, 0.3) is 0 Å². The molecule has 0 aliphatic heterocycles. The van der Waals surface area contributed by atoms with E-state index in [1.807, 2.05) is 6.92 Å². The highest BCUT2D eigenvalue weighted by molar-refractivity contribution is 5.02. The molecule has 0 amide bonds. The van der Waals surface area contributed by atoms with Crippen molar-refractivity contribution in [1.82, 2.24) is 10.1 Å². The molecule has 0 aromatic carbocycles. The maximum Gasteiger partial charge on any atom is 0.223 e. The Morgan fingerprint density at radius 1 is 1.29 bits per heavy atom. The molecule has 1 atom stereocenters. The summed E-state index contributed by atoms with van der Waals surface area (Å²) in [5.74, 6) is 1.15. The third-order valence-electron chi connectivity index (χ3n) is 1.94. The average Bonchev–Trinajstić information content (AvgIpc) is 2.29. The Morgan fingerprint density at radius 2 is 1.86 bits per heavy atom. The molecule has 0 saturated heterocycles. The van der Waals surface area contributed by atoms with Crippen LogP contribution in [0.15, 0.2) is 4.52 Å². The van der Waals surface area contributed by atoms with Gasteiger partial charge in [-0.1, -0.05) is 25.9 Å². The second-order valence-electron chi connectivity index (χ2n) is 5.29. The molecule has 0 bridgehead atoms. The van der Waals surface area contributed by atoms with Crippen molar-refractivity contribution in [2.24, 2.45) is 11.1 Å². The summed E-state index contributed by atoms with van der Waals surface area (Å²) < 4.78 is 4.92. The molecule has 0 unspecified atom stereocenters. The molecule has 14 heavy (non-hydrogen) atoms. The molecule has 4 nitrogen and oxygen atoms in total. The third-order valence-corrected chi connectivity index (χ3v) is 1.94. The van der Waals surface area contributed by atoms with Gasteiger partial charge in [0.15, 0.2) is 5.82 Å². The van der Waals surface area contributed by atoms with Crippen LogP contribution in [0, 0.1) is 12.3 Å². The van der Waals surface area contributed by atoms with Crippen molar-refractivity contribution in [3.05, 3.63) is 11.7 Å². The number of aryl methyl sites for hydroxylation is 1. The fourth-order valence-electron chi connectivity index (χ4n) is 1.71. The zero-order chi connectivity index (χ0) is 11.0. The van der Waals surface area contributed by atoms with E-state index in [0.29, 0.717) is 11.7 Å². The summed E-state index contributed by atoms with van der Waals surface area (Å²) in [5.41, 5.74) is 5.79. The minimum absolute atomic E-state index is 0.151. The largest absolute Gasteiger partial charge is 0.340 e. The van der Waals surface area contributed by atoms with E-state index in [9.17, 15) is 0 Å². The van der Waals surface area contributed by atoms with Gasteiger partial charge in [-0.05, 0) is 18.8 Å². The van der Waals surface area contributed by atoms with Crippen LogP contribution in [-0.2, 0) is 5.54 Å². The van der Waals surface area contributed by atoms with Gasteiger partial charge in [-0.15, -0.1) is 0 Å². The van der Waals surface area contributed by atoms with E-state index >= 15 is 0 Å². The Hall–Kier alpha value is -0.900. The third kappa shape index (κ3) is 2.80. The van der Waals surface area contributed by atoms with Gasteiger partial charge in [0.2, 0.25) is 5.89 Å². The van der Waals surface area contributed by atoms with E-state index in [1.54, 1.807) is 6.92 Å². The Labute approximate surface area is 84.9 Å². The number of nitrogens with zero attached hydrogens (tertiary/aromatic N) is 2. The molecule has 1 aromatic rings. The molecule has 4 heteroatoms. The van der Waals surface area contributed by atoms with Crippen molar-refractivity contribution in [2.75, 3.05) is 0 Å². The van der Waals surface area contributed by atoms with Crippen LogP contribution in [0.5, 0.6) is 0 Å². The van der Waals surface area contributed by atoms with Gasteiger partial charge >= 0.3 is 0 Å². The van der Waals surface area contributed by atoms with Gasteiger partial charge in [0.25, 0.3) is 0 Å². The first-order valence-corrected chi connectivity index (χ1v) is 4.80. The van der Waals surface area contributed by atoms with Gasteiger partial charge < -0.3 is 10.3 Å². The summed E-state index contributed by atoms with van der Waals surface area (Å²) in [6, 6.07) is 0. The monoisotopic (exact) mass is 197 g/mol. The van der Waals surface area contributed by atoms with Crippen LogP contribution < -0.4 is 5.73 Å². The molecule has 1 aromatic heterocycles. The van der Waals surface area contributed by atoms with Gasteiger partial charge in [0.1, 0.15) is 0 Å². The summed E-state index contributed by atoms with van der Waals surface area (Å²) in [4.78, 5) is 4.16. The summed E-state index contributed by atoms with van der Waals surface area (Å²) in [6.07, 6.45) is 0.818. The maximum atomic E-state index is 6.15. The van der Waals surface area contributed by atoms with E-state index in [4.69, 9.17) is 10.3 Å². The van der Waals surface area contributed by atoms with Crippen LogP contribution in [0.4, 0.5) is 0 Å². The Balaban J connectivity index is 2.85. The first-order chi connectivity index (χ1) is 6.21. The van der Waals surface area contributed by atoms with Crippen molar-refractivity contribution >= 4 is 0 Å². The Bertz CT molecular complexity index is 309. The standard InChI is InChI=1S/C10H19N3O/c1-7-12-8(13-14-7)10(5,11)6-9(2,3)4/h6,11H2,1-5H3/t10-/m0/s1. The number of nitrogens with two attached hydrogens (primary N) is 1. The predicted octanol–water partition coefficient (Wildman–Crippen LogP) is 1.99. The molecule has 80 valence electrons. The normalized spacial score (nSPS) is 16.7. The molecule has 0 radical (unpaired) electrons. The molecule has 1 rings (SSSR count). The molecule has 2 N–H and O–H groups in total.